The van der Waals surface area contributed by atoms with Gasteiger partial charge in [-0.05, 0) is 6.92 Å². The highest BCUT2D eigenvalue weighted by molar-refractivity contribution is 6.60. The topological polar surface area (TPSA) is 56.4 Å². The van der Waals surface area contributed by atoms with Gasteiger partial charge >= 0.3 is 8.80 Å². The maximum Gasteiger partial charge on any atom is 0.500 e. The van der Waals surface area contributed by atoms with E-state index < -0.39 is 8.80 Å². The Morgan fingerprint density at radius 1 is 1.17 bits per heavy atom. The van der Waals surface area contributed by atoms with Crippen molar-refractivity contribution >= 4 is 8.80 Å². The van der Waals surface area contributed by atoms with Crippen LogP contribution in [-0.2, 0) is 19.7 Å². The highest BCUT2D eigenvalue weighted by Crippen LogP contribution is 2.13. The van der Waals surface area contributed by atoms with Gasteiger partial charge < -0.3 is 18.3 Å². The van der Waals surface area contributed by atoms with Crippen molar-refractivity contribution in [1.82, 2.24) is 9.97 Å². The van der Waals surface area contributed by atoms with E-state index in [0.29, 0.717) is 0 Å². The predicted molar refractivity (Wildman–Crippen MR) is 74.6 cm³/mol. The van der Waals surface area contributed by atoms with E-state index in [1.807, 2.05) is 13.1 Å². The van der Waals surface area contributed by atoms with Crippen LogP contribution >= 0.6 is 0 Å². The van der Waals surface area contributed by atoms with Crippen LogP contribution in [0.1, 0.15) is 31.8 Å². The van der Waals surface area contributed by atoms with Crippen LogP contribution in [0.3, 0.4) is 0 Å². The molecular formula is C12H26N2O3Si. The Bertz CT molecular complexity index is 306. The molecule has 0 saturated heterocycles. The Hall–Kier alpha value is -0.693. The van der Waals surface area contributed by atoms with E-state index in [4.69, 9.17) is 13.3 Å². The second kappa shape index (κ2) is 9.27. The van der Waals surface area contributed by atoms with Crippen molar-refractivity contribution in [2.45, 2.75) is 39.7 Å². The molecule has 0 unspecified atom stereocenters. The van der Waals surface area contributed by atoms with Crippen LogP contribution in [-0.4, -0.2) is 40.1 Å². The molecule has 1 aromatic rings. The van der Waals surface area contributed by atoms with Crippen LogP contribution < -0.4 is 0 Å². The summed E-state index contributed by atoms with van der Waals surface area (Å²) >= 11 is 0. The number of aryl methyl sites for hydroxylation is 2. The number of hydrogen-bond donors (Lipinski definition) is 1. The van der Waals surface area contributed by atoms with Crippen molar-refractivity contribution in [3.05, 3.63) is 17.7 Å². The van der Waals surface area contributed by atoms with Crippen molar-refractivity contribution in [2.75, 3.05) is 21.3 Å². The van der Waals surface area contributed by atoms with Gasteiger partial charge in [0.15, 0.2) is 0 Å². The fraction of sp³-hybridized carbons (Fsp3) is 0.750. The number of rotatable bonds is 6. The van der Waals surface area contributed by atoms with E-state index in [0.717, 1.165) is 30.4 Å². The van der Waals surface area contributed by atoms with Crippen molar-refractivity contribution in [2.24, 2.45) is 0 Å². The molecule has 106 valence electrons. The van der Waals surface area contributed by atoms with E-state index in [1.54, 1.807) is 21.3 Å². The van der Waals surface area contributed by atoms with E-state index in [2.05, 4.69) is 23.8 Å². The molecule has 5 nitrogen and oxygen atoms in total. The molecule has 6 heteroatoms. The third kappa shape index (κ3) is 5.77. The molecule has 18 heavy (non-hydrogen) atoms. The van der Waals surface area contributed by atoms with Gasteiger partial charge in [0.1, 0.15) is 5.82 Å². The van der Waals surface area contributed by atoms with E-state index in [1.165, 1.54) is 0 Å². The first-order valence-corrected chi connectivity index (χ1v) is 8.16. The molecule has 0 spiro atoms. The number of imidazole rings is 1. The molecule has 0 aliphatic heterocycles. The van der Waals surface area contributed by atoms with Gasteiger partial charge in [0.25, 0.3) is 0 Å². The van der Waals surface area contributed by atoms with Gasteiger partial charge in [-0.3, -0.25) is 0 Å². The number of H-pyrrole nitrogens is 1. The minimum absolute atomic E-state index is 0.885. The van der Waals surface area contributed by atoms with Crippen molar-refractivity contribution in [3.63, 3.8) is 0 Å². The summed E-state index contributed by atoms with van der Waals surface area (Å²) in [5.41, 5.74) is 1.07. The highest BCUT2D eigenvalue weighted by atomic mass is 28.4. The van der Waals surface area contributed by atoms with Crippen LogP contribution in [0.25, 0.3) is 0 Å². The fourth-order valence-electron chi connectivity index (χ4n) is 1.51. The van der Waals surface area contributed by atoms with Gasteiger partial charge in [-0.1, -0.05) is 20.3 Å². The van der Waals surface area contributed by atoms with Crippen LogP contribution in [0.5, 0.6) is 0 Å². The monoisotopic (exact) mass is 274 g/mol. The Morgan fingerprint density at radius 3 is 1.89 bits per heavy atom. The largest absolute Gasteiger partial charge is 0.500 e. The molecule has 1 rings (SSSR count). The van der Waals surface area contributed by atoms with Crippen molar-refractivity contribution < 1.29 is 13.3 Å². The number of nitrogens with zero attached hydrogens (tertiary/aromatic N) is 1. The van der Waals surface area contributed by atoms with Gasteiger partial charge in [0.05, 0.1) is 5.69 Å². The van der Waals surface area contributed by atoms with Gasteiger partial charge in [-0.25, -0.2) is 4.98 Å². The lowest BCUT2D eigenvalue weighted by molar-refractivity contribution is 0.123. The lowest BCUT2D eigenvalue weighted by Crippen LogP contribution is -2.42. The van der Waals surface area contributed by atoms with Crippen LogP contribution in [0, 0.1) is 6.92 Å². The average molecular weight is 274 g/mol. The first-order chi connectivity index (χ1) is 8.57. The molecule has 0 fully saturated rings. The number of nitrogens with one attached hydrogen (secondary N) is 1. The number of aromatic amines is 1. The normalized spacial score (nSPS) is 11.0. The standard InChI is InChI=1S/C6H10N2.C6H16O3Si/c1-3-6-7-4-5(2)8-6;1-5-6-10(7-2,8-3)9-4/h4H,3H2,1-2H3,(H,7,8);5-6H2,1-4H3. The minimum atomic E-state index is -2.22. The average Bonchev–Trinajstić information content (AvgIpc) is 2.83. The smallest absolute Gasteiger partial charge is 0.377 e. The zero-order valence-electron chi connectivity index (χ0n) is 12.4. The predicted octanol–water partition coefficient (Wildman–Crippen LogP) is 2.56. The number of hydrogen-bond acceptors (Lipinski definition) is 4. The molecule has 0 saturated carbocycles. The lowest BCUT2D eigenvalue weighted by atomic mass is 10.5. The lowest BCUT2D eigenvalue weighted by Gasteiger charge is -2.23. The summed E-state index contributed by atoms with van der Waals surface area (Å²) in [7, 11) is 2.68. The summed E-state index contributed by atoms with van der Waals surface area (Å²) in [6.45, 7) is 6.15. The molecule has 0 bridgehead atoms. The molecular weight excluding hydrogens is 248 g/mol. The summed E-state index contributed by atoms with van der Waals surface area (Å²) < 4.78 is 15.5. The summed E-state index contributed by atoms with van der Waals surface area (Å²) in [6, 6.07) is 0.885. The first kappa shape index (κ1) is 17.3. The van der Waals surface area contributed by atoms with Gasteiger partial charge in [0.2, 0.25) is 0 Å². The van der Waals surface area contributed by atoms with Crippen LogP contribution in [0.2, 0.25) is 6.04 Å². The second-order valence-corrected chi connectivity index (χ2v) is 6.98. The maximum atomic E-state index is 5.17. The van der Waals surface area contributed by atoms with Crippen LogP contribution in [0.4, 0.5) is 0 Å². The fourth-order valence-corrected chi connectivity index (χ4v) is 3.23. The summed E-state index contributed by atoms with van der Waals surface area (Å²) in [5, 5.41) is 0. The Kier molecular flexibility index (Phi) is 8.91. The minimum Gasteiger partial charge on any atom is -0.377 e. The zero-order valence-corrected chi connectivity index (χ0v) is 13.4. The molecule has 0 aliphatic rings. The number of aromatic nitrogens is 2. The van der Waals surface area contributed by atoms with Gasteiger partial charge in [0, 0.05) is 40.0 Å². The summed E-state index contributed by atoms with van der Waals surface area (Å²) in [6.07, 6.45) is 3.94. The third-order valence-electron chi connectivity index (χ3n) is 2.58. The molecule has 0 radical (unpaired) electrons. The Balaban J connectivity index is 0.000000327. The Morgan fingerprint density at radius 2 is 1.72 bits per heavy atom. The Labute approximate surface area is 111 Å². The molecule has 1 N–H and O–H groups in total. The summed E-state index contributed by atoms with van der Waals surface area (Å²) in [5.74, 6) is 1.07. The van der Waals surface area contributed by atoms with Crippen molar-refractivity contribution in [3.8, 4) is 0 Å². The SMILES string of the molecule is CCC[Si](OC)(OC)OC.CCc1nc(C)c[nH]1. The van der Waals surface area contributed by atoms with E-state index >= 15 is 0 Å². The molecule has 1 aromatic heterocycles. The zero-order chi connectivity index (χ0) is 14.0. The molecule has 1 heterocycles. The maximum absolute atomic E-state index is 5.17. The molecule has 0 amide bonds. The summed E-state index contributed by atoms with van der Waals surface area (Å²) in [4.78, 5) is 7.22. The molecule has 0 aromatic carbocycles. The molecule has 0 atom stereocenters. The van der Waals surface area contributed by atoms with E-state index in [9.17, 15) is 0 Å². The molecule has 0 aliphatic carbocycles. The quantitative estimate of drug-likeness (QED) is 0.810. The highest BCUT2D eigenvalue weighted by Gasteiger charge is 2.36. The van der Waals surface area contributed by atoms with E-state index in [-0.39, 0.29) is 0 Å². The van der Waals surface area contributed by atoms with Gasteiger partial charge in [-0.15, -0.1) is 0 Å². The van der Waals surface area contributed by atoms with Crippen molar-refractivity contribution in [1.29, 1.82) is 0 Å². The van der Waals surface area contributed by atoms with Crippen LogP contribution in [0.15, 0.2) is 6.20 Å². The van der Waals surface area contributed by atoms with Gasteiger partial charge in [-0.2, -0.15) is 0 Å². The second-order valence-electron chi connectivity index (χ2n) is 3.89. The first-order valence-electron chi connectivity index (χ1n) is 6.23. The third-order valence-corrected chi connectivity index (χ3v) is 5.56.